The Morgan fingerprint density at radius 3 is 2.08 bits per heavy atom. The second kappa shape index (κ2) is 3.83. The molecule has 0 rings (SSSR count). The SMILES string of the molecule is CC(C)CC(F)(F)C(=O)N(C)C. The minimum Gasteiger partial charge on any atom is -0.344 e. The number of carbonyl (C=O) groups excluding carboxylic acids is 1. The summed E-state index contributed by atoms with van der Waals surface area (Å²) < 4.78 is 25.9. The van der Waals surface area contributed by atoms with E-state index in [0.717, 1.165) is 4.90 Å². The first kappa shape index (κ1) is 11.3. The fourth-order valence-electron chi connectivity index (χ4n) is 0.927. The first-order chi connectivity index (χ1) is 5.27. The van der Waals surface area contributed by atoms with Crippen molar-refractivity contribution in [2.45, 2.75) is 26.2 Å². The van der Waals surface area contributed by atoms with Crippen molar-refractivity contribution in [2.24, 2.45) is 5.92 Å². The first-order valence-electron chi connectivity index (χ1n) is 3.87. The fourth-order valence-corrected chi connectivity index (χ4v) is 0.927. The highest BCUT2D eigenvalue weighted by Crippen LogP contribution is 2.24. The van der Waals surface area contributed by atoms with Crippen LogP contribution in [0.2, 0.25) is 0 Å². The molecule has 0 bridgehead atoms. The number of carbonyl (C=O) groups is 1. The van der Waals surface area contributed by atoms with Gasteiger partial charge in [-0.3, -0.25) is 4.79 Å². The summed E-state index contributed by atoms with van der Waals surface area (Å²) in [7, 11) is 2.66. The van der Waals surface area contributed by atoms with E-state index in [-0.39, 0.29) is 12.3 Å². The third-order valence-electron chi connectivity index (χ3n) is 1.38. The zero-order valence-corrected chi connectivity index (χ0v) is 7.90. The van der Waals surface area contributed by atoms with E-state index in [0.29, 0.717) is 0 Å². The van der Waals surface area contributed by atoms with Crippen LogP contribution in [0.3, 0.4) is 0 Å². The number of hydrogen-bond donors (Lipinski definition) is 0. The lowest BCUT2D eigenvalue weighted by Crippen LogP contribution is -2.40. The van der Waals surface area contributed by atoms with Gasteiger partial charge in [0.05, 0.1) is 0 Å². The highest BCUT2D eigenvalue weighted by molar-refractivity contribution is 5.82. The van der Waals surface area contributed by atoms with Gasteiger partial charge in [0.1, 0.15) is 0 Å². The van der Waals surface area contributed by atoms with Gasteiger partial charge < -0.3 is 4.90 Å². The standard InChI is InChI=1S/C8H15F2NO/c1-6(2)5-8(9,10)7(12)11(3)4/h6H,5H2,1-4H3. The van der Waals surface area contributed by atoms with E-state index in [1.165, 1.54) is 14.1 Å². The normalized spacial score (nSPS) is 11.9. The molecule has 0 spiro atoms. The van der Waals surface area contributed by atoms with Gasteiger partial charge in [-0.2, -0.15) is 8.78 Å². The minimum atomic E-state index is -3.21. The average molecular weight is 179 g/mol. The van der Waals surface area contributed by atoms with Gasteiger partial charge in [-0.1, -0.05) is 13.8 Å². The van der Waals surface area contributed by atoms with E-state index in [4.69, 9.17) is 0 Å². The Balaban J connectivity index is 4.29. The van der Waals surface area contributed by atoms with E-state index in [1.54, 1.807) is 13.8 Å². The molecule has 4 heteroatoms. The van der Waals surface area contributed by atoms with Gasteiger partial charge in [0, 0.05) is 20.5 Å². The summed E-state index contributed by atoms with van der Waals surface area (Å²) in [4.78, 5) is 11.8. The zero-order chi connectivity index (χ0) is 9.94. The molecule has 1 amide bonds. The lowest BCUT2D eigenvalue weighted by atomic mass is 10.0. The predicted octanol–water partition coefficient (Wildman–Crippen LogP) is 1.76. The van der Waals surface area contributed by atoms with Crippen molar-refractivity contribution in [2.75, 3.05) is 14.1 Å². The molecule has 0 aromatic carbocycles. The molecule has 0 radical (unpaired) electrons. The first-order valence-corrected chi connectivity index (χ1v) is 3.87. The molecule has 0 N–H and O–H groups in total. The van der Waals surface area contributed by atoms with E-state index in [2.05, 4.69) is 0 Å². The third kappa shape index (κ3) is 3.15. The van der Waals surface area contributed by atoms with E-state index >= 15 is 0 Å². The highest BCUT2D eigenvalue weighted by Gasteiger charge is 2.40. The Morgan fingerprint density at radius 2 is 1.83 bits per heavy atom. The quantitative estimate of drug-likeness (QED) is 0.646. The van der Waals surface area contributed by atoms with Crippen LogP contribution >= 0.6 is 0 Å². The maximum atomic E-state index is 12.9. The van der Waals surface area contributed by atoms with Crippen LogP contribution in [-0.4, -0.2) is 30.8 Å². The highest BCUT2D eigenvalue weighted by atomic mass is 19.3. The Labute approximate surface area is 71.5 Å². The van der Waals surface area contributed by atoms with Crippen LogP contribution in [0.5, 0.6) is 0 Å². The summed E-state index contributed by atoms with van der Waals surface area (Å²) in [5, 5.41) is 0. The molecule has 0 heterocycles. The number of nitrogens with zero attached hydrogens (tertiary/aromatic N) is 1. The van der Waals surface area contributed by atoms with Crippen molar-refractivity contribution >= 4 is 5.91 Å². The van der Waals surface area contributed by atoms with Crippen LogP contribution in [-0.2, 0) is 4.79 Å². The number of amides is 1. The number of hydrogen-bond acceptors (Lipinski definition) is 1. The molecule has 0 aliphatic heterocycles. The van der Waals surface area contributed by atoms with Gasteiger partial charge in [-0.05, 0) is 5.92 Å². The van der Waals surface area contributed by atoms with Crippen LogP contribution < -0.4 is 0 Å². The molecule has 0 aromatic heterocycles. The summed E-state index contributed by atoms with van der Waals surface area (Å²) in [6.45, 7) is 3.33. The zero-order valence-electron chi connectivity index (χ0n) is 7.90. The maximum Gasteiger partial charge on any atom is 0.325 e. The molecule has 0 unspecified atom stereocenters. The molecule has 0 saturated carbocycles. The molecule has 0 atom stereocenters. The van der Waals surface area contributed by atoms with Crippen LogP contribution in [0, 0.1) is 5.92 Å². The second-order valence-corrected chi connectivity index (χ2v) is 3.50. The van der Waals surface area contributed by atoms with Crippen LogP contribution in [0.15, 0.2) is 0 Å². The lowest BCUT2D eigenvalue weighted by Gasteiger charge is -2.21. The molecule has 0 aromatic rings. The second-order valence-electron chi connectivity index (χ2n) is 3.50. The van der Waals surface area contributed by atoms with Gasteiger partial charge in [0.15, 0.2) is 0 Å². The van der Waals surface area contributed by atoms with Crippen molar-refractivity contribution in [3.63, 3.8) is 0 Å². The molecule has 2 nitrogen and oxygen atoms in total. The van der Waals surface area contributed by atoms with Crippen molar-refractivity contribution in [1.82, 2.24) is 4.90 Å². The van der Waals surface area contributed by atoms with Crippen LogP contribution in [0.25, 0.3) is 0 Å². The Bertz CT molecular complexity index is 166. The average Bonchev–Trinajstić information content (AvgIpc) is 1.82. The van der Waals surface area contributed by atoms with Crippen LogP contribution in [0.4, 0.5) is 8.78 Å². The molecular formula is C8H15F2NO. The molecule has 0 saturated heterocycles. The summed E-state index contributed by atoms with van der Waals surface area (Å²) in [6, 6.07) is 0. The van der Waals surface area contributed by atoms with Gasteiger partial charge >= 0.3 is 5.92 Å². The predicted molar refractivity (Wildman–Crippen MR) is 43.1 cm³/mol. The Kier molecular flexibility index (Phi) is 3.61. The summed E-state index contributed by atoms with van der Waals surface area (Å²) in [6.07, 6.45) is -0.385. The molecule has 0 aliphatic carbocycles. The van der Waals surface area contributed by atoms with Crippen molar-refractivity contribution in [3.8, 4) is 0 Å². The summed E-state index contributed by atoms with van der Waals surface area (Å²) >= 11 is 0. The van der Waals surface area contributed by atoms with E-state index in [1.807, 2.05) is 0 Å². The largest absolute Gasteiger partial charge is 0.344 e. The van der Waals surface area contributed by atoms with Gasteiger partial charge in [-0.15, -0.1) is 0 Å². The maximum absolute atomic E-state index is 12.9. The molecule has 0 fully saturated rings. The van der Waals surface area contributed by atoms with Crippen molar-refractivity contribution in [3.05, 3.63) is 0 Å². The smallest absolute Gasteiger partial charge is 0.325 e. The fraction of sp³-hybridized carbons (Fsp3) is 0.875. The van der Waals surface area contributed by atoms with Crippen molar-refractivity contribution in [1.29, 1.82) is 0 Å². The minimum absolute atomic E-state index is 0.177. The molecule has 72 valence electrons. The number of halogens is 2. The van der Waals surface area contributed by atoms with Crippen LogP contribution in [0.1, 0.15) is 20.3 Å². The lowest BCUT2D eigenvalue weighted by molar-refractivity contribution is -0.156. The Morgan fingerprint density at radius 1 is 1.42 bits per heavy atom. The van der Waals surface area contributed by atoms with Gasteiger partial charge in [0.25, 0.3) is 5.91 Å². The van der Waals surface area contributed by atoms with Gasteiger partial charge in [0.2, 0.25) is 0 Å². The van der Waals surface area contributed by atoms with E-state index < -0.39 is 11.8 Å². The van der Waals surface area contributed by atoms with Gasteiger partial charge in [-0.25, -0.2) is 0 Å². The Hall–Kier alpha value is -0.670. The summed E-state index contributed by atoms with van der Waals surface area (Å²) in [5.74, 6) is -4.50. The number of alkyl halides is 2. The number of rotatable bonds is 3. The van der Waals surface area contributed by atoms with E-state index in [9.17, 15) is 13.6 Å². The monoisotopic (exact) mass is 179 g/mol. The van der Waals surface area contributed by atoms with Crippen molar-refractivity contribution < 1.29 is 13.6 Å². The third-order valence-corrected chi connectivity index (χ3v) is 1.38. The summed E-state index contributed by atoms with van der Waals surface area (Å²) in [5.41, 5.74) is 0. The topological polar surface area (TPSA) is 20.3 Å². The molecule has 12 heavy (non-hydrogen) atoms. The molecular weight excluding hydrogens is 164 g/mol. The molecule has 0 aliphatic rings.